The van der Waals surface area contributed by atoms with Gasteiger partial charge in [0.2, 0.25) is 11.8 Å². The zero-order valence-electron chi connectivity index (χ0n) is 21.9. The molecule has 0 aromatic carbocycles. The third-order valence-corrected chi connectivity index (χ3v) is 6.95. The molecule has 0 spiro atoms. The third-order valence-electron chi connectivity index (χ3n) is 6.95. The van der Waals surface area contributed by atoms with E-state index in [1.165, 1.54) is 6.92 Å². The van der Waals surface area contributed by atoms with Crippen LogP contribution in [-0.2, 0) is 28.7 Å². The lowest BCUT2D eigenvalue weighted by Crippen LogP contribution is -2.55. The SMILES string of the molecule is CCCCCC(=O)NC(C)(C)C(=O)NC[C@H]1[C@@H](CC=CCCCC(=O)COC(C)=O)[C@H]2CC[C@@H]1O2. The van der Waals surface area contributed by atoms with Crippen molar-refractivity contribution < 1.29 is 28.7 Å². The van der Waals surface area contributed by atoms with Crippen LogP contribution in [0.2, 0.25) is 0 Å². The van der Waals surface area contributed by atoms with Crippen LogP contribution in [0.5, 0.6) is 0 Å². The quantitative estimate of drug-likeness (QED) is 0.193. The van der Waals surface area contributed by atoms with Crippen LogP contribution in [-0.4, -0.2) is 54.5 Å². The van der Waals surface area contributed by atoms with Gasteiger partial charge in [-0.25, -0.2) is 0 Å². The molecule has 8 nitrogen and oxygen atoms in total. The number of esters is 1. The van der Waals surface area contributed by atoms with Crippen molar-refractivity contribution in [2.45, 2.75) is 110 Å². The molecule has 2 aliphatic rings. The highest BCUT2D eigenvalue weighted by Crippen LogP contribution is 2.44. The van der Waals surface area contributed by atoms with Crippen molar-refractivity contribution in [3.8, 4) is 0 Å². The molecular formula is C27H44N2O6. The van der Waals surface area contributed by atoms with Gasteiger partial charge in [-0.1, -0.05) is 31.9 Å². The van der Waals surface area contributed by atoms with Crippen LogP contribution in [0.1, 0.15) is 91.9 Å². The summed E-state index contributed by atoms with van der Waals surface area (Å²) in [6, 6.07) is 0. The molecule has 0 aromatic heterocycles. The normalized spacial score (nSPS) is 23.4. The Morgan fingerprint density at radius 3 is 2.40 bits per heavy atom. The number of carbonyl (C=O) groups is 4. The molecule has 2 bridgehead atoms. The fourth-order valence-electron chi connectivity index (χ4n) is 4.96. The minimum absolute atomic E-state index is 0.0639. The Morgan fingerprint density at radius 2 is 1.71 bits per heavy atom. The smallest absolute Gasteiger partial charge is 0.303 e. The van der Waals surface area contributed by atoms with Gasteiger partial charge in [-0.2, -0.15) is 0 Å². The van der Waals surface area contributed by atoms with Crippen molar-refractivity contribution in [3.63, 3.8) is 0 Å². The molecule has 0 saturated carbocycles. The zero-order valence-corrected chi connectivity index (χ0v) is 21.9. The third kappa shape index (κ3) is 9.74. The summed E-state index contributed by atoms with van der Waals surface area (Å²) >= 11 is 0. The second-order valence-electron chi connectivity index (χ2n) is 10.4. The number of ketones is 1. The number of hydrogen-bond acceptors (Lipinski definition) is 6. The first-order chi connectivity index (χ1) is 16.6. The zero-order chi connectivity index (χ0) is 25.8. The maximum Gasteiger partial charge on any atom is 0.303 e. The van der Waals surface area contributed by atoms with Crippen LogP contribution < -0.4 is 10.6 Å². The summed E-state index contributed by atoms with van der Waals surface area (Å²) in [5.74, 6) is -0.153. The van der Waals surface area contributed by atoms with Crippen molar-refractivity contribution in [2.24, 2.45) is 11.8 Å². The van der Waals surface area contributed by atoms with E-state index < -0.39 is 11.5 Å². The van der Waals surface area contributed by atoms with E-state index in [1.807, 2.05) is 0 Å². The maximum atomic E-state index is 12.8. The van der Waals surface area contributed by atoms with Crippen molar-refractivity contribution >= 4 is 23.6 Å². The number of allylic oxidation sites excluding steroid dienone is 2. The lowest BCUT2D eigenvalue weighted by molar-refractivity contribution is -0.145. The topological polar surface area (TPSA) is 111 Å². The summed E-state index contributed by atoms with van der Waals surface area (Å²) in [6.07, 6.45) is 12.8. The fraction of sp³-hybridized carbons (Fsp3) is 0.778. The van der Waals surface area contributed by atoms with Gasteiger partial charge < -0.3 is 20.1 Å². The van der Waals surface area contributed by atoms with E-state index in [0.29, 0.717) is 25.3 Å². The first-order valence-electron chi connectivity index (χ1n) is 13.2. The minimum atomic E-state index is -0.954. The molecule has 0 unspecified atom stereocenters. The number of nitrogens with one attached hydrogen (secondary N) is 2. The predicted molar refractivity (Wildman–Crippen MR) is 133 cm³/mol. The van der Waals surface area contributed by atoms with Crippen molar-refractivity contribution in [1.29, 1.82) is 0 Å². The standard InChI is InChI=1S/C27H44N2O6/c1-5-6-9-14-25(32)29-27(3,4)26(33)28-17-22-21(23-15-16-24(22)35-23)13-11-8-7-10-12-20(31)18-34-19(2)30/h8,11,21-24H,5-7,9-10,12-18H2,1-4H3,(H,28,33)(H,29,32)/t21-,22+,23-,24+/m1/s1. The van der Waals surface area contributed by atoms with Gasteiger partial charge >= 0.3 is 5.97 Å². The molecule has 2 amide bonds. The van der Waals surface area contributed by atoms with E-state index in [2.05, 4.69) is 29.7 Å². The van der Waals surface area contributed by atoms with Crippen LogP contribution >= 0.6 is 0 Å². The molecule has 2 heterocycles. The molecule has 0 aliphatic carbocycles. The highest BCUT2D eigenvalue weighted by Gasteiger charge is 2.48. The van der Waals surface area contributed by atoms with Gasteiger partial charge in [0.1, 0.15) is 12.1 Å². The number of hydrogen-bond donors (Lipinski definition) is 2. The Kier molecular flexibility index (Phi) is 11.9. The predicted octanol–water partition coefficient (Wildman–Crippen LogP) is 3.62. The van der Waals surface area contributed by atoms with Crippen LogP contribution in [0.4, 0.5) is 0 Å². The number of amides is 2. The molecule has 2 fully saturated rings. The van der Waals surface area contributed by atoms with Gasteiger partial charge in [0.15, 0.2) is 5.78 Å². The molecule has 35 heavy (non-hydrogen) atoms. The maximum absolute atomic E-state index is 12.8. The average Bonchev–Trinajstić information content (AvgIpc) is 3.40. The second-order valence-corrected chi connectivity index (χ2v) is 10.4. The monoisotopic (exact) mass is 492 g/mol. The van der Waals surface area contributed by atoms with E-state index >= 15 is 0 Å². The van der Waals surface area contributed by atoms with Crippen molar-refractivity contribution in [1.82, 2.24) is 10.6 Å². The molecular weight excluding hydrogens is 448 g/mol. The summed E-state index contributed by atoms with van der Waals surface area (Å²) < 4.78 is 10.9. The molecule has 198 valence electrons. The number of fused-ring (bicyclic) bond motifs is 2. The Hall–Kier alpha value is -2.22. The number of rotatable bonds is 16. The van der Waals surface area contributed by atoms with E-state index in [1.54, 1.807) is 13.8 Å². The summed E-state index contributed by atoms with van der Waals surface area (Å²) in [5, 5.41) is 5.93. The summed E-state index contributed by atoms with van der Waals surface area (Å²) in [5.41, 5.74) is -0.954. The Bertz CT molecular complexity index is 763. The van der Waals surface area contributed by atoms with E-state index in [-0.39, 0.29) is 42.3 Å². The van der Waals surface area contributed by atoms with Crippen LogP contribution in [0.3, 0.4) is 0 Å². The Labute approximate surface area is 209 Å². The summed E-state index contributed by atoms with van der Waals surface area (Å²) in [6.45, 7) is 7.27. The van der Waals surface area contributed by atoms with Crippen LogP contribution in [0, 0.1) is 11.8 Å². The van der Waals surface area contributed by atoms with Crippen LogP contribution in [0.25, 0.3) is 0 Å². The molecule has 2 N–H and O–H groups in total. The van der Waals surface area contributed by atoms with Gasteiger partial charge in [-0.15, -0.1) is 0 Å². The Balaban J connectivity index is 1.75. The lowest BCUT2D eigenvalue weighted by Gasteiger charge is -2.30. The fourth-order valence-corrected chi connectivity index (χ4v) is 4.96. The summed E-state index contributed by atoms with van der Waals surface area (Å²) in [7, 11) is 0. The van der Waals surface area contributed by atoms with Gasteiger partial charge in [0.05, 0.1) is 12.2 Å². The molecule has 2 aliphatic heterocycles. The largest absolute Gasteiger partial charge is 0.458 e. The first kappa shape index (κ1) is 29.0. The average molecular weight is 493 g/mol. The number of unbranched alkanes of at least 4 members (excludes halogenated alkanes) is 3. The molecule has 0 aromatic rings. The van der Waals surface area contributed by atoms with Crippen molar-refractivity contribution in [2.75, 3.05) is 13.2 Å². The van der Waals surface area contributed by atoms with Gasteiger partial charge in [-0.3, -0.25) is 19.2 Å². The highest BCUT2D eigenvalue weighted by molar-refractivity contribution is 5.90. The van der Waals surface area contributed by atoms with Gasteiger partial charge in [-0.05, 0) is 58.3 Å². The first-order valence-corrected chi connectivity index (χ1v) is 13.2. The lowest BCUT2D eigenvalue weighted by atomic mass is 9.77. The van der Waals surface area contributed by atoms with Crippen LogP contribution in [0.15, 0.2) is 12.2 Å². The number of Topliss-reactive ketones (excluding diaryl/α,β-unsaturated/α-hetero) is 1. The molecule has 4 atom stereocenters. The van der Waals surface area contributed by atoms with E-state index in [4.69, 9.17) is 9.47 Å². The van der Waals surface area contributed by atoms with E-state index in [0.717, 1.165) is 51.4 Å². The molecule has 8 heteroatoms. The molecule has 2 rings (SSSR count). The number of carbonyl (C=O) groups excluding carboxylic acids is 4. The molecule has 2 saturated heterocycles. The summed E-state index contributed by atoms with van der Waals surface area (Å²) in [4.78, 5) is 47.4. The highest BCUT2D eigenvalue weighted by atomic mass is 16.5. The minimum Gasteiger partial charge on any atom is -0.458 e. The van der Waals surface area contributed by atoms with Gasteiger partial charge in [0.25, 0.3) is 0 Å². The van der Waals surface area contributed by atoms with Crippen molar-refractivity contribution in [3.05, 3.63) is 12.2 Å². The van der Waals surface area contributed by atoms with Gasteiger partial charge in [0, 0.05) is 32.2 Å². The van der Waals surface area contributed by atoms with E-state index in [9.17, 15) is 19.2 Å². The Morgan fingerprint density at radius 1 is 1.00 bits per heavy atom. The molecule has 0 radical (unpaired) electrons. The number of ether oxygens (including phenoxy) is 2. The second kappa shape index (κ2) is 14.4.